The highest BCUT2D eigenvalue weighted by molar-refractivity contribution is 5.85. The van der Waals surface area contributed by atoms with Crippen LogP contribution in [0.25, 0.3) is 0 Å². The van der Waals surface area contributed by atoms with Crippen LogP contribution in [-0.2, 0) is 25.6 Å². The molecule has 2 N–H and O–H groups in total. The molecule has 1 atom stereocenters. The summed E-state index contributed by atoms with van der Waals surface area (Å²) in [6.07, 6.45) is -0.853. The summed E-state index contributed by atoms with van der Waals surface area (Å²) in [7, 11) is 0. The number of nitrogens with two attached hydrogens (primary N) is 1. The largest absolute Gasteiger partial charge is 0.508 e. The van der Waals surface area contributed by atoms with Crippen molar-refractivity contribution in [3.8, 4) is 0 Å². The Balaban J connectivity index is 0.00000361. The molecule has 0 saturated heterocycles. The van der Waals surface area contributed by atoms with E-state index in [1.807, 2.05) is 30.3 Å². The standard InChI is InChI=1S/C13H17NO5.ClH/c1-2-17-13(16)19-9-11(14)12(15)18-8-10-6-4-3-5-7-10;/h3-7,11H,2,8-9,14H2,1H3;1H/t11-;/m0./s1. The molecule has 0 aromatic heterocycles. The number of esters is 1. The number of carbonyl (C=O) groups excluding carboxylic acids is 2. The monoisotopic (exact) mass is 303 g/mol. The predicted octanol–water partition coefficient (Wildman–Crippen LogP) is 1.65. The van der Waals surface area contributed by atoms with Gasteiger partial charge in [0.25, 0.3) is 0 Å². The van der Waals surface area contributed by atoms with Crippen molar-refractivity contribution < 1.29 is 23.8 Å². The molecule has 6 nitrogen and oxygen atoms in total. The first kappa shape index (κ1) is 18.2. The molecule has 7 heteroatoms. The molecule has 0 aliphatic carbocycles. The average molecular weight is 304 g/mol. The normalized spacial score (nSPS) is 10.9. The SMILES string of the molecule is CCOC(=O)OC[C@H](N)C(=O)OCc1ccccc1.Cl. The first-order valence-electron chi connectivity index (χ1n) is 5.89. The van der Waals surface area contributed by atoms with Crippen LogP contribution >= 0.6 is 12.4 Å². The second-order valence-electron chi connectivity index (χ2n) is 3.69. The molecule has 0 saturated carbocycles. The van der Waals surface area contributed by atoms with Gasteiger partial charge >= 0.3 is 12.1 Å². The van der Waals surface area contributed by atoms with E-state index in [0.29, 0.717) is 0 Å². The molecular weight excluding hydrogens is 286 g/mol. The molecule has 0 bridgehead atoms. The van der Waals surface area contributed by atoms with Crippen molar-refractivity contribution in [2.24, 2.45) is 5.73 Å². The quantitative estimate of drug-likeness (QED) is 0.804. The number of carbonyl (C=O) groups is 2. The Hall–Kier alpha value is -1.79. The molecule has 1 aromatic carbocycles. The second kappa shape index (κ2) is 10.1. The van der Waals surface area contributed by atoms with Gasteiger partial charge in [-0.15, -0.1) is 12.4 Å². The summed E-state index contributed by atoms with van der Waals surface area (Å²) in [5.41, 5.74) is 6.37. The fraction of sp³-hybridized carbons (Fsp3) is 0.385. The van der Waals surface area contributed by atoms with Gasteiger partial charge in [0.1, 0.15) is 19.3 Å². The van der Waals surface area contributed by atoms with Crippen molar-refractivity contribution in [2.75, 3.05) is 13.2 Å². The molecule has 0 fully saturated rings. The third-order valence-electron chi connectivity index (χ3n) is 2.17. The minimum atomic E-state index is -1.02. The van der Waals surface area contributed by atoms with Crippen LogP contribution in [0.4, 0.5) is 4.79 Å². The molecule has 112 valence electrons. The van der Waals surface area contributed by atoms with Gasteiger partial charge in [-0.25, -0.2) is 4.79 Å². The summed E-state index contributed by atoms with van der Waals surface area (Å²) < 4.78 is 14.1. The van der Waals surface area contributed by atoms with E-state index >= 15 is 0 Å². The Kier molecular flexibility index (Phi) is 9.15. The summed E-state index contributed by atoms with van der Waals surface area (Å²) in [5.74, 6) is -0.631. The van der Waals surface area contributed by atoms with Gasteiger partial charge in [-0.1, -0.05) is 30.3 Å². The highest BCUT2D eigenvalue weighted by Crippen LogP contribution is 2.01. The van der Waals surface area contributed by atoms with Gasteiger partial charge in [0, 0.05) is 0 Å². The van der Waals surface area contributed by atoms with Crippen LogP contribution in [-0.4, -0.2) is 31.4 Å². The molecule has 0 aliphatic rings. The average Bonchev–Trinajstić information content (AvgIpc) is 2.43. The fourth-order valence-electron chi connectivity index (χ4n) is 1.22. The topological polar surface area (TPSA) is 87.9 Å². The van der Waals surface area contributed by atoms with E-state index < -0.39 is 18.2 Å². The molecular formula is C13H18ClNO5. The number of rotatable bonds is 6. The van der Waals surface area contributed by atoms with E-state index in [-0.39, 0.29) is 32.2 Å². The van der Waals surface area contributed by atoms with Gasteiger partial charge in [0.05, 0.1) is 6.61 Å². The lowest BCUT2D eigenvalue weighted by atomic mass is 10.2. The van der Waals surface area contributed by atoms with E-state index in [2.05, 4.69) is 9.47 Å². The summed E-state index contributed by atoms with van der Waals surface area (Å²) >= 11 is 0. The van der Waals surface area contributed by atoms with Crippen LogP contribution in [0, 0.1) is 0 Å². The summed E-state index contributed by atoms with van der Waals surface area (Å²) in [6.45, 7) is 1.71. The Morgan fingerprint density at radius 3 is 2.40 bits per heavy atom. The zero-order valence-corrected chi connectivity index (χ0v) is 11.9. The van der Waals surface area contributed by atoms with E-state index in [0.717, 1.165) is 5.56 Å². The van der Waals surface area contributed by atoms with E-state index in [1.165, 1.54) is 0 Å². The molecule has 20 heavy (non-hydrogen) atoms. The van der Waals surface area contributed by atoms with Crippen molar-refractivity contribution in [1.82, 2.24) is 0 Å². The van der Waals surface area contributed by atoms with Crippen molar-refractivity contribution in [2.45, 2.75) is 19.6 Å². The lowest BCUT2D eigenvalue weighted by molar-refractivity contribution is -0.147. The number of ether oxygens (including phenoxy) is 3. The van der Waals surface area contributed by atoms with E-state index in [9.17, 15) is 9.59 Å². The van der Waals surface area contributed by atoms with Gasteiger partial charge in [-0.2, -0.15) is 0 Å². The molecule has 0 spiro atoms. The third-order valence-corrected chi connectivity index (χ3v) is 2.17. The molecule has 0 unspecified atom stereocenters. The lowest BCUT2D eigenvalue weighted by Crippen LogP contribution is -2.37. The van der Waals surface area contributed by atoms with Crippen molar-refractivity contribution >= 4 is 24.5 Å². The highest BCUT2D eigenvalue weighted by Gasteiger charge is 2.17. The minimum absolute atomic E-state index is 0. The Bertz CT molecular complexity index is 412. The van der Waals surface area contributed by atoms with Crippen LogP contribution in [0.2, 0.25) is 0 Å². The summed E-state index contributed by atoms with van der Waals surface area (Å²) in [4.78, 5) is 22.4. The lowest BCUT2D eigenvalue weighted by Gasteiger charge is -2.11. The van der Waals surface area contributed by atoms with Crippen LogP contribution in [0.5, 0.6) is 0 Å². The maximum Gasteiger partial charge on any atom is 0.508 e. The molecule has 0 aliphatic heterocycles. The summed E-state index contributed by atoms with van der Waals surface area (Å²) in [6, 6.07) is 8.18. The zero-order valence-electron chi connectivity index (χ0n) is 11.1. The van der Waals surface area contributed by atoms with Gasteiger partial charge < -0.3 is 19.9 Å². The van der Waals surface area contributed by atoms with Crippen LogP contribution in [0.1, 0.15) is 12.5 Å². The van der Waals surface area contributed by atoms with Crippen molar-refractivity contribution in [3.05, 3.63) is 35.9 Å². The van der Waals surface area contributed by atoms with Crippen molar-refractivity contribution in [3.63, 3.8) is 0 Å². The van der Waals surface area contributed by atoms with Gasteiger partial charge in [-0.05, 0) is 12.5 Å². The number of halogens is 1. The number of benzene rings is 1. The molecule has 0 radical (unpaired) electrons. The Morgan fingerprint density at radius 1 is 1.15 bits per heavy atom. The van der Waals surface area contributed by atoms with Gasteiger partial charge in [-0.3, -0.25) is 4.79 Å². The maximum absolute atomic E-state index is 11.5. The van der Waals surface area contributed by atoms with Crippen LogP contribution < -0.4 is 5.73 Å². The Morgan fingerprint density at radius 2 is 1.80 bits per heavy atom. The third kappa shape index (κ3) is 6.96. The fourth-order valence-corrected chi connectivity index (χ4v) is 1.22. The number of hydrogen-bond acceptors (Lipinski definition) is 6. The van der Waals surface area contributed by atoms with Gasteiger partial charge in [0.2, 0.25) is 0 Å². The van der Waals surface area contributed by atoms with Crippen molar-refractivity contribution in [1.29, 1.82) is 0 Å². The minimum Gasteiger partial charge on any atom is -0.460 e. The van der Waals surface area contributed by atoms with E-state index in [1.54, 1.807) is 6.92 Å². The van der Waals surface area contributed by atoms with Crippen LogP contribution in [0.15, 0.2) is 30.3 Å². The smallest absolute Gasteiger partial charge is 0.460 e. The van der Waals surface area contributed by atoms with E-state index in [4.69, 9.17) is 10.5 Å². The molecule has 0 amide bonds. The molecule has 0 heterocycles. The Labute approximate surface area is 123 Å². The second-order valence-corrected chi connectivity index (χ2v) is 3.69. The maximum atomic E-state index is 11.5. The zero-order chi connectivity index (χ0) is 14.1. The first-order chi connectivity index (χ1) is 9.13. The van der Waals surface area contributed by atoms with Gasteiger partial charge in [0.15, 0.2) is 0 Å². The van der Waals surface area contributed by atoms with Crippen LogP contribution in [0.3, 0.4) is 0 Å². The predicted molar refractivity (Wildman–Crippen MR) is 74.4 cm³/mol. The number of hydrogen-bond donors (Lipinski definition) is 1. The first-order valence-corrected chi connectivity index (χ1v) is 5.89. The molecule has 1 aromatic rings. The summed E-state index contributed by atoms with van der Waals surface area (Å²) in [5, 5.41) is 0. The molecule has 1 rings (SSSR count). The highest BCUT2D eigenvalue weighted by atomic mass is 35.5.